The Morgan fingerprint density at radius 3 is 2.18 bits per heavy atom. The Kier molecular flexibility index (Phi) is 6.19. The Balaban J connectivity index is 1.79. The molecule has 0 saturated carbocycles. The van der Waals surface area contributed by atoms with Crippen LogP contribution < -0.4 is 5.56 Å². The number of hydrogen-bond acceptors (Lipinski definition) is 3. The molecule has 33 heavy (non-hydrogen) atoms. The van der Waals surface area contributed by atoms with Crippen molar-refractivity contribution in [3.05, 3.63) is 111 Å². The third-order valence-corrected chi connectivity index (χ3v) is 7.45. The van der Waals surface area contributed by atoms with Crippen molar-refractivity contribution in [3.8, 4) is 0 Å². The largest absolute Gasteiger partial charge is 0.321 e. The van der Waals surface area contributed by atoms with Crippen LogP contribution in [0.25, 0.3) is 10.9 Å². The van der Waals surface area contributed by atoms with E-state index in [1.807, 2.05) is 32.9 Å². The first-order valence-corrected chi connectivity index (χ1v) is 12.0. The maximum Gasteiger partial charge on any atom is 0.252 e. The number of sulfonamides is 1. The lowest BCUT2D eigenvalue weighted by Gasteiger charge is -2.23. The molecule has 0 unspecified atom stereocenters. The number of pyridine rings is 1. The molecule has 0 fully saturated rings. The molecule has 0 amide bonds. The second kappa shape index (κ2) is 8.92. The quantitative estimate of drug-likeness (QED) is 0.437. The van der Waals surface area contributed by atoms with Gasteiger partial charge in [-0.15, -0.1) is 0 Å². The maximum absolute atomic E-state index is 13.5. The second-order valence-electron chi connectivity index (χ2n) is 8.38. The van der Waals surface area contributed by atoms with E-state index in [-0.39, 0.29) is 23.5 Å². The van der Waals surface area contributed by atoms with Crippen LogP contribution in [0.4, 0.5) is 4.39 Å². The normalized spacial score (nSPS) is 11.9. The minimum atomic E-state index is -3.92. The molecule has 0 spiro atoms. The summed E-state index contributed by atoms with van der Waals surface area (Å²) in [6.07, 6.45) is 0. The van der Waals surface area contributed by atoms with E-state index >= 15 is 0 Å². The Hall–Kier alpha value is -3.29. The number of rotatable bonds is 6. The molecule has 4 aromatic rings. The first-order chi connectivity index (χ1) is 15.6. The van der Waals surface area contributed by atoms with Gasteiger partial charge in [-0.25, -0.2) is 12.8 Å². The van der Waals surface area contributed by atoms with Crippen LogP contribution in [0.5, 0.6) is 0 Å². The fourth-order valence-corrected chi connectivity index (χ4v) is 5.32. The lowest BCUT2D eigenvalue weighted by atomic mass is 10.1. The van der Waals surface area contributed by atoms with E-state index in [4.69, 9.17) is 0 Å². The number of nitrogens with zero attached hydrogens (tertiary/aromatic N) is 1. The van der Waals surface area contributed by atoms with Crippen molar-refractivity contribution in [3.63, 3.8) is 0 Å². The number of halogens is 1. The van der Waals surface area contributed by atoms with Crippen molar-refractivity contribution in [2.75, 3.05) is 0 Å². The molecule has 3 aromatic carbocycles. The topological polar surface area (TPSA) is 70.2 Å². The summed E-state index contributed by atoms with van der Waals surface area (Å²) in [5.41, 5.74) is 4.30. The minimum Gasteiger partial charge on any atom is -0.321 e. The van der Waals surface area contributed by atoms with E-state index < -0.39 is 15.8 Å². The number of benzene rings is 3. The smallest absolute Gasteiger partial charge is 0.252 e. The highest BCUT2D eigenvalue weighted by atomic mass is 32.2. The Bertz CT molecular complexity index is 1480. The summed E-state index contributed by atoms with van der Waals surface area (Å²) in [6, 6.07) is 17.9. The highest BCUT2D eigenvalue weighted by molar-refractivity contribution is 7.89. The van der Waals surface area contributed by atoms with Gasteiger partial charge in [0, 0.05) is 18.7 Å². The molecule has 0 radical (unpaired) electrons. The standard InChI is InChI=1S/C26H25FN2O3S/c1-17-4-10-24(11-5-17)33(31,32)29(15-20-6-8-23(27)9-7-20)16-22-14-21-13-18(2)12-19(3)25(21)28-26(22)30/h4-14H,15-16H2,1-3H3,(H,28,30). The van der Waals surface area contributed by atoms with Crippen LogP contribution >= 0.6 is 0 Å². The number of aromatic amines is 1. The third kappa shape index (κ3) is 4.89. The molecule has 1 heterocycles. The second-order valence-corrected chi connectivity index (χ2v) is 10.3. The molecular weight excluding hydrogens is 439 g/mol. The van der Waals surface area contributed by atoms with E-state index in [1.54, 1.807) is 42.5 Å². The predicted octanol–water partition coefficient (Wildman–Crippen LogP) is 4.98. The van der Waals surface area contributed by atoms with Crippen LogP contribution in [0.2, 0.25) is 0 Å². The van der Waals surface area contributed by atoms with Crippen LogP contribution in [0, 0.1) is 26.6 Å². The highest BCUT2D eigenvalue weighted by Crippen LogP contribution is 2.23. The average molecular weight is 465 g/mol. The number of aryl methyl sites for hydroxylation is 3. The van der Waals surface area contributed by atoms with Crippen LogP contribution in [0.15, 0.2) is 76.4 Å². The number of aromatic nitrogens is 1. The van der Waals surface area contributed by atoms with E-state index in [2.05, 4.69) is 4.98 Å². The molecule has 1 N–H and O–H groups in total. The van der Waals surface area contributed by atoms with Crippen molar-refractivity contribution < 1.29 is 12.8 Å². The predicted molar refractivity (Wildman–Crippen MR) is 128 cm³/mol. The van der Waals surface area contributed by atoms with E-state index in [9.17, 15) is 17.6 Å². The fraction of sp³-hybridized carbons (Fsp3) is 0.192. The fourth-order valence-electron chi connectivity index (χ4n) is 3.92. The van der Waals surface area contributed by atoms with Crippen LogP contribution in [-0.2, 0) is 23.1 Å². The zero-order chi connectivity index (χ0) is 23.8. The molecule has 0 aliphatic carbocycles. The highest BCUT2D eigenvalue weighted by Gasteiger charge is 2.26. The summed E-state index contributed by atoms with van der Waals surface area (Å²) in [5.74, 6) is -0.400. The summed E-state index contributed by atoms with van der Waals surface area (Å²) in [6.45, 7) is 5.66. The number of H-pyrrole nitrogens is 1. The zero-order valence-electron chi connectivity index (χ0n) is 18.7. The van der Waals surface area contributed by atoms with Gasteiger partial charge in [0.2, 0.25) is 10.0 Å². The first kappa shape index (κ1) is 22.9. The van der Waals surface area contributed by atoms with Crippen molar-refractivity contribution in [1.29, 1.82) is 0 Å². The first-order valence-electron chi connectivity index (χ1n) is 10.6. The molecule has 0 bridgehead atoms. The van der Waals surface area contributed by atoms with Gasteiger partial charge in [0.15, 0.2) is 0 Å². The maximum atomic E-state index is 13.5. The number of hydrogen-bond donors (Lipinski definition) is 1. The SMILES string of the molecule is Cc1ccc(S(=O)(=O)N(Cc2ccc(F)cc2)Cc2cc3cc(C)cc(C)c3[nH]c2=O)cc1. The van der Waals surface area contributed by atoms with E-state index in [0.29, 0.717) is 11.1 Å². The lowest BCUT2D eigenvalue weighted by molar-refractivity contribution is 0.399. The zero-order valence-corrected chi connectivity index (χ0v) is 19.5. The summed E-state index contributed by atoms with van der Waals surface area (Å²) < 4.78 is 41.7. The van der Waals surface area contributed by atoms with E-state index in [1.165, 1.54) is 16.4 Å². The Morgan fingerprint density at radius 2 is 1.52 bits per heavy atom. The van der Waals surface area contributed by atoms with Crippen molar-refractivity contribution in [2.24, 2.45) is 0 Å². The average Bonchev–Trinajstić information content (AvgIpc) is 2.76. The Morgan fingerprint density at radius 1 is 0.848 bits per heavy atom. The van der Waals surface area contributed by atoms with Gasteiger partial charge < -0.3 is 4.98 Å². The van der Waals surface area contributed by atoms with Gasteiger partial charge in [-0.2, -0.15) is 4.31 Å². The third-order valence-electron chi connectivity index (χ3n) is 5.65. The van der Waals surface area contributed by atoms with Crippen molar-refractivity contribution >= 4 is 20.9 Å². The number of fused-ring (bicyclic) bond motifs is 1. The molecular formula is C26H25FN2O3S. The molecule has 170 valence electrons. The van der Waals surface area contributed by atoms with Crippen LogP contribution in [0.3, 0.4) is 0 Å². The molecule has 0 aliphatic rings. The monoisotopic (exact) mass is 464 g/mol. The van der Waals surface area contributed by atoms with Gasteiger partial charge in [-0.3, -0.25) is 4.79 Å². The molecule has 5 nitrogen and oxygen atoms in total. The molecule has 0 atom stereocenters. The van der Waals surface area contributed by atoms with Gasteiger partial charge in [0.05, 0.1) is 10.4 Å². The number of nitrogens with one attached hydrogen (secondary N) is 1. The van der Waals surface area contributed by atoms with E-state index in [0.717, 1.165) is 27.6 Å². The van der Waals surface area contributed by atoms with Gasteiger partial charge >= 0.3 is 0 Å². The van der Waals surface area contributed by atoms with Gasteiger partial charge in [0.25, 0.3) is 5.56 Å². The molecule has 0 aliphatic heterocycles. The molecule has 1 aromatic heterocycles. The van der Waals surface area contributed by atoms with Crippen LogP contribution in [-0.4, -0.2) is 17.7 Å². The van der Waals surface area contributed by atoms with Crippen LogP contribution in [0.1, 0.15) is 27.8 Å². The Labute approximate surface area is 192 Å². The van der Waals surface area contributed by atoms with Gasteiger partial charge in [-0.1, -0.05) is 41.5 Å². The van der Waals surface area contributed by atoms with Gasteiger partial charge in [-0.05, 0) is 73.7 Å². The summed E-state index contributed by atoms with van der Waals surface area (Å²) in [7, 11) is -3.92. The molecule has 0 saturated heterocycles. The summed E-state index contributed by atoms with van der Waals surface area (Å²) in [5, 5.41) is 0.844. The summed E-state index contributed by atoms with van der Waals surface area (Å²) in [4.78, 5) is 15.9. The van der Waals surface area contributed by atoms with Crippen molar-refractivity contribution in [1.82, 2.24) is 9.29 Å². The molecule has 4 rings (SSSR count). The van der Waals surface area contributed by atoms with Crippen molar-refractivity contribution in [2.45, 2.75) is 38.8 Å². The minimum absolute atomic E-state index is 0.000806. The molecule has 7 heteroatoms. The summed E-state index contributed by atoms with van der Waals surface area (Å²) >= 11 is 0. The lowest BCUT2D eigenvalue weighted by Crippen LogP contribution is -2.32. The van der Waals surface area contributed by atoms with Gasteiger partial charge in [0.1, 0.15) is 5.82 Å².